The van der Waals surface area contributed by atoms with Gasteiger partial charge in [-0.2, -0.15) is 5.26 Å². The van der Waals surface area contributed by atoms with E-state index in [2.05, 4.69) is 36.9 Å². The van der Waals surface area contributed by atoms with Crippen molar-refractivity contribution in [3.05, 3.63) is 41.6 Å². The summed E-state index contributed by atoms with van der Waals surface area (Å²) in [5.41, 5.74) is 4.31. The van der Waals surface area contributed by atoms with Crippen molar-refractivity contribution < 1.29 is 0 Å². The van der Waals surface area contributed by atoms with Crippen LogP contribution in [0.1, 0.15) is 17.5 Å². The monoisotopic (exact) mass is 269 g/mol. The van der Waals surface area contributed by atoms with Crippen LogP contribution in [0.15, 0.2) is 30.5 Å². The van der Waals surface area contributed by atoms with Gasteiger partial charge in [-0.15, -0.1) is 0 Å². The molecular formula is C15H15N3S. The summed E-state index contributed by atoms with van der Waals surface area (Å²) in [5.74, 6) is 0. The van der Waals surface area contributed by atoms with E-state index in [0.717, 1.165) is 30.4 Å². The minimum atomic E-state index is 0.696. The largest absolute Gasteiger partial charge is 0.302 e. The third kappa shape index (κ3) is 2.16. The highest BCUT2D eigenvalue weighted by Crippen LogP contribution is 2.31. The quantitative estimate of drug-likeness (QED) is 0.807. The SMILES string of the molecule is CN1CC=C(c2cn(S)c3ccc(C#N)cc23)CC1. The number of nitrogens with zero attached hydrogens (tertiary/aromatic N) is 3. The van der Waals surface area contributed by atoms with Gasteiger partial charge in [0.15, 0.2) is 0 Å². The molecule has 0 saturated heterocycles. The molecule has 0 aliphatic carbocycles. The van der Waals surface area contributed by atoms with Crippen LogP contribution in [0.3, 0.4) is 0 Å². The highest BCUT2D eigenvalue weighted by molar-refractivity contribution is 7.78. The number of thiol groups is 1. The predicted molar refractivity (Wildman–Crippen MR) is 81.1 cm³/mol. The lowest BCUT2D eigenvalue weighted by Crippen LogP contribution is -2.23. The molecule has 1 aromatic carbocycles. The van der Waals surface area contributed by atoms with E-state index in [1.807, 2.05) is 28.4 Å². The first kappa shape index (κ1) is 12.3. The van der Waals surface area contributed by atoms with Crippen LogP contribution in [0.2, 0.25) is 0 Å². The molecule has 0 fully saturated rings. The van der Waals surface area contributed by atoms with Crippen molar-refractivity contribution in [1.29, 1.82) is 5.26 Å². The highest BCUT2D eigenvalue weighted by Gasteiger charge is 2.15. The molecule has 0 bridgehead atoms. The van der Waals surface area contributed by atoms with Crippen molar-refractivity contribution in [2.75, 3.05) is 20.1 Å². The van der Waals surface area contributed by atoms with Crippen LogP contribution in [-0.2, 0) is 0 Å². The van der Waals surface area contributed by atoms with Crippen LogP contribution in [0.25, 0.3) is 16.5 Å². The van der Waals surface area contributed by atoms with Gasteiger partial charge in [-0.1, -0.05) is 18.9 Å². The smallest absolute Gasteiger partial charge is 0.0991 e. The van der Waals surface area contributed by atoms with Crippen LogP contribution >= 0.6 is 12.8 Å². The van der Waals surface area contributed by atoms with Crippen LogP contribution in [0.5, 0.6) is 0 Å². The standard InChI is InChI=1S/C15H15N3S/c1-17-6-4-12(5-7-17)14-10-18(19)15-3-2-11(9-16)8-13(14)15/h2-4,8,10,19H,5-7H2,1H3. The summed E-state index contributed by atoms with van der Waals surface area (Å²) in [6.07, 6.45) is 5.36. The molecule has 1 aliphatic heterocycles. The first-order valence-electron chi connectivity index (χ1n) is 6.31. The molecule has 0 spiro atoms. The zero-order valence-corrected chi connectivity index (χ0v) is 11.7. The Morgan fingerprint density at radius 2 is 2.21 bits per heavy atom. The number of aromatic nitrogens is 1. The minimum absolute atomic E-state index is 0.696. The van der Waals surface area contributed by atoms with E-state index in [-0.39, 0.29) is 0 Å². The van der Waals surface area contributed by atoms with Gasteiger partial charge in [0.2, 0.25) is 0 Å². The van der Waals surface area contributed by atoms with Gasteiger partial charge in [0, 0.05) is 30.2 Å². The third-order valence-corrected chi connectivity index (χ3v) is 4.00. The lowest BCUT2D eigenvalue weighted by atomic mass is 9.98. The van der Waals surface area contributed by atoms with Crippen molar-refractivity contribution in [3.63, 3.8) is 0 Å². The molecule has 2 aromatic rings. The Balaban J connectivity index is 2.16. The summed E-state index contributed by atoms with van der Waals surface area (Å²) in [6, 6.07) is 7.95. The van der Waals surface area contributed by atoms with Crippen molar-refractivity contribution in [2.45, 2.75) is 6.42 Å². The summed E-state index contributed by atoms with van der Waals surface area (Å²) in [5, 5.41) is 10.2. The topological polar surface area (TPSA) is 32.0 Å². The third-order valence-electron chi connectivity index (χ3n) is 3.67. The van der Waals surface area contributed by atoms with E-state index in [1.165, 1.54) is 11.1 Å². The molecule has 3 nitrogen and oxygen atoms in total. The fourth-order valence-corrected chi connectivity index (χ4v) is 2.84. The van der Waals surface area contributed by atoms with E-state index in [1.54, 1.807) is 0 Å². The summed E-state index contributed by atoms with van der Waals surface area (Å²) in [7, 11) is 2.13. The Morgan fingerprint density at radius 1 is 1.37 bits per heavy atom. The zero-order valence-electron chi connectivity index (χ0n) is 10.8. The molecule has 0 atom stereocenters. The van der Waals surface area contributed by atoms with Gasteiger partial charge in [-0.3, -0.25) is 3.97 Å². The maximum absolute atomic E-state index is 9.04. The molecule has 1 aliphatic rings. The lowest BCUT2D eigenvalue weighted by Gasteiger charge is -2.21. The van der Waals surface area contributed by atoms with E-state index in [9.17, 15) is 0 Å². The molecule has 3 rings (SSSR count). The van der Waals surface area contributed by atoms with Gasteiger partial charge >= 0.3 is 0 Å². The van der Waals surface area contributed by atoms with Crippen molar-refractivity contribution in [1.82, 2.24) is 8.87 Å². The van der Waals surface area contributed by atoms with E-state index in [4.69, 9.17) is 5.26 Å². The molecular weight excluding hydrogens is 254 g/mol. The molecule has 1 aromatic heterocycles. The number of rotatable bonds is 1. The Labute approximate surface area is 118 Å². The van der Waals surface area contributed by atoms with Gasteiger partial charge in [-0.05, 0) is 37.2 Å². The van der Waals surface area contributed by atoms with Crippen molar-refractivity contribution in [3.8, 4) is 6.07 Å². The number of hydrogen-bond donors (Lipinski definition) is 1. The second kappa shape index (κ2) is 4.76. The maximum atomic E-state index is 9.04. The fraction of sp³-hybridized carbons (Fsp3) is 0.267. The van der Waals surface area contributed by atoms with Crippen molar-refractivity contribution >= 4 is 29.3 Å². The molecule has 0 N–H and O–H groups in total. The molecule has 0 amide bonds. The molecule has 2 heterocycles. The minimum Gasteiger partial charge on any atom is -0.302 e. The highest BCUT2D eigenvalue weighted by atomic mass is 32.1. The number of fused-ring (bicyclic) bond motifs is 1. The second-order valence-electron chi connectivity index (χ2n) is 4.97. The molecule has 4 heteroatoms. The average Bonchev–Trinajstić information content (AvgIpc) is 2.76. The van der Waals surface area contributed by atoms with Crippen molar-refractivity contribution in [2.24, 2.45) is 0 Å². The molecule has 0 radical (unpaired) electrons. The number of nitriles is 1. The average molecular weight is 269 g/mol. The van der Waals surface area contributed by atoms with Gasteiger partial charge in [-0.25, -0.2) is 0 Å². The van der Waals surface area contributed by atoms with E-state index < -0.39 is 0 Å². The summed E-state index contributed by atoms with van der Waals surface area (Å²) < 4.78 is 1.84. The molecule has 0 saturated carbocycles. The number of likely N-dealkylation sites (N-methyl/N-ethyl adjacent to an activating group) is 1. The first-order valence-corrected chi connectivity index (χ1v) is 6.71. The normalized spacial score (nSPS) is 16.4. The lowest BCUT2D eigenvalue weighted by molar-refractivity contribution is 0.370. The Bertz CT molecular complexity index is 706. The zero-order chi connectivity index (χ0) is 13.4. The molecule has 0 unspecified atom stereocenters. The first-order chi connectivity index (χ1) is 9.19. The fourth-order valence-electron chi connectivity index (χ4n) is 2.55. The van der Waals surface area contributed by atoms with Gasteiger partial charge in [0.05, 0.1) is 17.1 Å². The van der Waals surface area contributed by atoms with Crippen LogP contribution in [0.4, 0.5) is 0 Å². The summed E-state index contributed by atoms with van der Waals surface area (Å²) in [6.45, 7) is 2.05. The predicted octanol–water partition coefficient (Wildman–Crippen LogP) is 2.92. The number of benzene rings is 1. The van der Waals surface area contributed by atoms with Crippen LogP contribution in [-0.4, -0.2) is 29.0 Å². The van der Waals surface area contributed by atoms with Gasteiger partial charge in [0.1, 0.15) is 0 Å². The Kier molecular flexibility index (Phi) is 3.09. The summed E-state index contributed by atoms with van der Waals surface area (Å²) >= 11 is 4.47. The van der Waals surface area contributed by atoms with E-state index >= 15 is 0 Å². The summed E-state index contributed by atoms with van der Waals surface area (Å²) in [4.78, 5) is 2.30. The molecule has 19 heavy (non-hydrogen) atoms. The second-order valence-corrected chi connectivity index (χ2v) is 5.40. The van der Waals surface area contributed by atoms with Crippen LogP contribution < -0.4 is 0 Å². The van der Waals surface area contributed by atoms with Crippen LogP contribution in [0, 0.1) is 11.3 Å². The Morgan fingerprint density at radius 3 is 2.89 bits per heavy atom. The van der Waals surface area contributed by atoms with Gasteiger partial charge < -0.3 is 4.90 Å². The Hall–Kier alpha value is -1.70. The molecule has 96 valence electrons. The number of hydrogen-bond acceptors (Lipinski definition) is 3. The van der Waals surface area contributed by atoms with Gasteiger partial charge in [0.25, 0.3) is 0 Å². The maximum Gasteiger partial charge on any atom is 0.0991 e. The van der Waals surface area contributed by atoms with E-state index in [0.29, 0.717) is 5.56 Å².